The Morgan fingerprint density at radius 1 is 1.22 bits per heavy atom. The first kappa shape index (κ1) is 15.6. The van der Waals surface area contributed by atoms with E-state index in [1.54, 1.807) is 12.1 Å². The first-order valence-corrected chi connectivity index (χ1v) is 7.65. The SMILES string of the molecule is NC(=O)C1(CNC(=O)[C@H]2COc3ccccc3O2)CCOCC1. The van der Waals surface area contributed by atoms with Crippen LogP contribution in [-0.4, -0.2) is 44.3 Å². The number of ether oxygens (including phenoxy) is 3. The van der Waals surface area contributed by atoms with E-state index < -0.39 is 17.4 Å². The van der Waals surface area contributed by atoms with Crippen molar-refractivity contribution in [3.05, 3.63) is 24.3 Å². The number of carbonyl (C=O) groups is 2. The van der Waals surface area contributed by atoms with Crippen LogP contribution < -0.4 is 20.5 Å². The van der Waals surface area contributed by atoms with E-state index in [9.17, 15) is 9.59 Å². The molecule has 2 aliphatic heterocycles. The minimum atomic E-state index is -0.749. The van der Waals surface area contributed by atoms with Gasteiger partial charge in [-0.25, -0.2) is 0 Å². The summed E-state index contributed by atoms with van der Waals surface area (Å²) in [4.78, 5) is 24.1. The Balaban J connectivity index is 1.60. The van der Waals surface area contributed by atoms with Crippen molar-refractivity contribution in [3.63, 3.8) is 0 Å². The van der Waals surface area contributed by atoms with Gasteiger partial charge in [0.15, 0.2) is 11.5 Å². The molecule has 2 aliphatic rings. The Bertz CT molecular complexity index is 598. The molecule has 1 saturated heterocycles. The van der Waals surface area contributed by atoms with E-state index in [0.29, 0.717) is 37.6 Å². The minimum Gasteiger partial charge on any atom is -0.485 e. The summed E-state index contributed by atoms with van der Waals surface area (Å²) in [7, 11) is 0. The normalized spacial score (nSPS) is 22.2. The summed E-state index contributed by atoms with van der Waals surface area (Å²) in [6, 6.07) is 7.18. The molecule has 7 heteroatoms. The van der Waals surface area contributed by atoms with Crippen LogP contribution >= 0.6 is 0 Å². The lowest BCUT2D eigenvalue weighted by Crippen LogP contribution is -2.52. The highest BCUT2D eigenvalue weighted by Gasteiger charge is 2.39. The molecule has 1 aromatic carbocycles. The number of amides is 2. The second-order valence-corrected chi connectivity index (χ2v) is 5.84. The largest absolute Gasteiger partial charge is 0.485 e. The average Bonchev–Trinajstić information content (AvgIpc) is 2.60. The van der Waals surface area contributed by atoms with Crippen LogP contribution in [0, 0.1) is 5.41 Å². The van der Waals surface area contributed by atoms with Crippen molar-refractivity contribution in [2.24, 2.45) is 11.1 Å². The van der Waals surface area contributed by atoms with Crippen LogP contribution in [0.5, 0.6) is 11.5 Å². The Morgan fingerprint density at radius 2 is 1.91 bits per heavy atom. The van der Waals surface area contributed by atoms with Crippen LogP contribution in [0.15, 0.2) is 24.3 Å². The number of benzene rings is 1. The van der Waals surface area contributed by atoms with E-state index in [0.717, 1.165) is 0 Å². The highest BCUT2D eigenvalue weighted by atomic mass is 16.6. The van der Waals surface area contributed by atoms with Crippen molar-refractivity contribution in [1.82, 2.24) is 5.32 Å². The summed E-state index contributed by atoms with van der Waals surface area (Å²) < 4.78 is 16.4. The van der Waals surface area contributed by atoms with Crippen LogP contribution in [0.25, 0.3) is 0 Å². The monoisotopic (exact) mass is 320 g/mol. The first-order chi connectivity index (χ1) is 11.1. The van der Waals surface area contributed by atoms with E-state index in [-0.39, 0.29) is 19.1 Å². The Hall–Kier alpha value is -2.28. The average molecular weight is 320 g/mol. The van der Waals surface area contributed by atoms with Crippen LogP contribution in [0.4, 0.5) is 0 Å². The predicted molar refractivity (Wildman–Crippen MR) is 81.0 cm³/mol. The van der Waals surface area contributed by atoms with Crippen molar-refractivity contribution in [1.29, 1.82) is 0 Å². The minimum absolute atomic E-state index is 0.134. The number of primary amides is 1. The number of carbonyl (C=O) groups excluding carboxylic acids is 2. The summed E-state index contributed by atoms with van der Waals surface area (Å²) in [6.45, 7) is 1.26. The Morgan fingerprint density at radius 3 is 2.61 bits per heavy atom. The molecule has 0 saturated carbocycles. The molecule has 3 N–H and O–H groups in total. The van der Waals surface area contributed by atoms with Gasteiger partial charge in [-0.3, -0.25) is 9.59 Å². The Kier molecular flexibility index (Phi) is 4.38. The van der Waals surface area contributed by atoms with Crippen molar-refractivity contribution >= 4 is 11.8 Å². The van der Waals surface area contributed by atoms with Gasteiger partial charge in [-0.1, -0.05) is 12.1 Å². The molecule has 0 unspecified atom stereocenters. The quantitative estimate of drug-likeness (QED) is 0.827. The van der Waals surface area contributed by atoms with Gasteiger partial charge >= 0.3 is 0 Å². The molecule has 124 valence electrons. The zero-order valence-electron chi connectivity index (χ0n) is 12.7. The third-order valence-electron chi connectivity index (χ3n) is 4.37. The van der Waals surface area contributed by atoms with Gasteiger partial charge in [0.05, 0.1) is 5.41 Å². The maximum Gasteiger partial charge on any atom is 0.264 e. The highest BCUT2D eigenvalue weighted by molar-refractivity contribution is 5.84. The van der Waals surface area contributed by atoms with Crippen molar-refractivity contribution < 1.29 is 23.8 Å². The zero-order chi connectivity index (χ0) is 16.3. The molecule has 3 rings (SSSR count). The fourth-order valence-electron chi connectivity index (χ4n) is 2.79. The number of nitrogens with two attached hydrogens (primary N) is 1. The molecule has 2 heterocycles. The summed E-state index contributed by atoms with van der Waals surface area (Å²) in [5.41, 5.74) is 4.78. The standard InChI is InChI=1S/C16H20N2O5/c17-15(20)16(5-7-21-8-6-16)10-18-14(19)13-9-22-11-3-1-2-4-12(11)23-13/h1-4,13H,5-10H2,(H2,17,20)(H,18,19)/t13-/m1/s1. The van der Waals surface area contributed by atoms with Gasteiger partial charge in [0.25, 0.3) is 5.91 Å². The first-order valence-electron chi connectivity index (χ1n) is 7.65. The van der Waals surface area contributed by atoms with Crippen LogP contribution in [0.3, 0.4) is 0 Å². The van der Waals surface area contributed by atoms with Gasteiger partial charge < -0.3 is 25.3 Å². The summed E-state index contributed by atoms with van der Waals surface area (Å²) >= 11 is 0. The molecular weight excluding hydrogens is 300 g/mol. The van der Waals surface area contributed by atoms with Crippen molar-refractivity contribution in [2.45, 2.75) is 18.9 Å². The molecule has 0 aliphatic carbocycles. The second-order valence-electron chi connectivity index (χ2n) is 5.84. The predicted octanol–water partition coefficient (Wildman–Crippen LogP) is 0.225. The smallest absolute Gasteiger partial charge is 0.264 e. The molecule has 0 bridgehead atoms. The summed E-state index contributed by atoms with van der Waals surface area (Å²) in [6.07, 6.45) is 0.274. The Labute approximate surface area is 134 Å². The number of fused-ring (bicyclic) bond motifs is 1. The maximum absolute atomic E-state index is 12.3. The summed E-state index contributed by atoms with van der Waals surface area (Å²) in [5.74, 6) is 0.433. The lowest BCUT2D eigenvalue weighted by Gasteiger charge is -2.35. The highest BCUT2D eigenvalue weighted by Crippen LogP contribution is 2.32. The van der Waals surface area contributed by atoms with Crippen LogP contribution in [-0.2, 0) is 14.3 Å². The number of hydrogen-bond donors (Lipinski definition) is 2. The van der Waals surface area contributed by atoms with E-state index in [1.807, 2.05) is 12.1 Å². The van der Waals surface area contributed by atoms with Gasteiger partial charge in [0.1, 0.15) is 6.61 Å². The van der Waals surface area contributed by atoms with E-state index >= 15 is 0 Å². The number of hydrogen-bond acceptors (Lipinski definition) is 5. The molecule has 0 radical (unpaired) electrons. The molecule has 23 heavy (non-hydrogen) atoms. The molecule has 0 aromatic heterocycles. The third kappa shape index (κ3) is 3.24. The number of rotatable bonds is 4. The van der Waals surface area contributed by atoms with Crippen molar-refractivity contribution in [3.8, 4) is 11.5 Å². The van der Waals surface area contributed by atoms with E-state index in [2.05, 4.69) is 5.32 Å². The van der Waals surface area contributed by atoms with Gasteiger partial charge in [-0.15, -0.1) is 0 Å². The maximum atomic E-state index is 12.3. The van der Waals surface area contributed by atoms with E-state index in [4.69, 9.17) is 19.9 Å². The fraction of sp³-hybridized carbons (Fsp3) is 0.500. The van der Waals surface area contributed by atoms with Gasteiger partial charge in [0.2, 0.25) is 12.0 Å². The van der Waals surface area contributed by atoms with Crippen molar-refractivity contribution in [2.75, 3.05) is 26.4 Å². The van der Waals surface area contributed by atoms with Gasteiger partial charge in [0, 0.05) is 19.8 Å². The lowest BCUT2D eigenvalue weighted by atomic mass is 9.79. The second kappa shape index (κ2) is 6.45. The molecule has 1 fully saturated rings. The van der Waals surface area contributed by atoms with Gasteiger partial charge in [-0.2, -0.15) is 0 Å². The topological polar surface area (TPSA) is 99.9 Å². The fourth-order valence-corrected chi connectivity index (χ4v) is 2.79. The molecule has 0 spiro atoms. The van der Waals surface area contributed by atoms with Crippen LogP contribution in [0.2, 0.25) is 0 Å². The molecule has 7 nitrogen and oxygen atoms in total. The van der Waals surface area contributed by atoms with E-state index in [1.165, 1.54) is 0 Å². The summed E-state index contributed by atoms with van der Waals surface area (Å²) in [5, 5.41) is 2.77. The number of nitrogens with one attached hydrogen (secondary N) is 1. The third-order valence-corrected chi connectivity index (χ3v) is 4.37. The molecular formula is C16H20N2O5. The zero-order valence-corrected chi connectivity index (χ0v) is 12.7. The lowest BCUT2D eigenvalue weighted by molar-refractivity contribution is -0.136. The number of para-hydroxylation sites is 2. The molecule has 1 atom stereocenters. The molecule has 1 aromatic rings. The van der Waals surface area contributed by atoms with Crippen LogP contribution in [0.1, 0.15) is 12.8 Å². The van der Waals surface area contributed by atoms with Gasteiger partial charge in [-0.05, 0) is 25.0 Å². The molecule has 2 amide bonds.